The number of halogens is 2. The summed E-state index contributed by atoms with van der Waals surface area (Å²) in [6.45, 7) is 2.12. The third kappa shape index (κ3) is 4.63. The molecule has 0 spiro atoms. The van der Waals surface area contributed by atoms with Crippen LogP contribution >= 0.6 is 15.9 Å². The molecule has 21 heavy (non-hydrogen) atoms. The Balaban J connectivity index is 1.99. The summed E-state index contributed by atoms with van der Waals surface area (Å²) in [5.74, 6) is 5.43. The molecule has 0 amide bonds. The van der Waals surface area contributed by atoms with Crippen molar-refractivity contribution < 1.29 is 4.39 Å². The van der Waals surface area contributed by atoms with Gasteiger partial charge in [0.05, 0.1) is 0 Å². The van der Waals surface area contributed by atoms with Gasteiger partial charge in [-0.1, -0.05) is 46.3 Å². The van der Waals surface area contributed by atoms with E-state index in [1.807, 2.05) is 6.07 Å². The topological polar surface area (TPSA) is 38.0 Å². The van der Waals surface area contributed by atoms with E-state index in [0.717, 1.165) is 29.3 Å². The quantitative estimate of drug-likeness (QED) is 0.612. The van der Waals surface area contributed by atoms with Gasteiger partial charge >= 0.3 is 0 Å². The van der Waals surface area contributed by atoms with Gasteiger partial charge in [-0.05, 0) is 55.0 Å². The monoisotopic (exact) mass is 350 g/mol. The van der Waals surface area contributed by atoms with Gasteiger partial charge in [-0.3, -0.25) is 11.3 Å². The van der Waals surface area contributed by atoms with Crippen molar-refractivity contribution in [2.24, 2.45) is 5.84 Å². The molecule has 4 heteroatoms. The second-order valence-corrected chi connectivity index (χ2v) is 6.12. The molecule has 0 aliphatic rings. The molecule has 0 heterocycles. The molecular weight excluding hydrogens is 331 g/mol. The van der Waals surface area contributed by atoms with Crippen LogP contribution in [0.25, 0.3) is 0 Å². The molecule has 112 valence electrons. The summed E-state index contributed by atoms with van der Waals surface area (Å²) in [7, 11) is 0. The van der Waals surface area contributed by atoms with Gasteiger partial charge in [0.2, 0.25) is 0 Å². The van der Waals surface area contributed by atoms with Gasteiger partial charge in [0.1, 0.15) is 5.82 Å². The van der Waals surface area contributed by atoms with Crippen LogP contribution in [0.3, 0.4) is 0 Å². The highest BCUT2D eigenvalue weighted by Crippen LogP contribution is 2.21. The van der Waals surface area contributed by atoms with Crippen LogP contribution in [0.2, 0.25) is 0 Å². The lowest BCUT2D eigenvalue weighted by Crippen LogP contribution is -2.37. The Kier molecular flexibility index (Phi) is 5.91. The Labute approximate surface area is 133 Å². The largest absolute Gasteiger partial charge is 0.271 e. The van der Waals surface area contributed by atoms with E-state index in [-0.39, 0.29) is 11.9 Å². The number of hydrogen-bond donors (Lipinski definition) is 2. The average molecular weight is 351 g/mol. The van der Waals surface area contributed by atoms with E-state index in [2.05, 4.69) is 46.5 Å². The predicted molar refractivity (Wildman–Crippen MR) is 88.4 cm³/mol. The molecular formula is C17H20BrFN2. The number of nitrogens with two attached hydrogens (primary N) is 1. The van der Waals surface area contributed by atoms with Crippen LogP contribution < -0.4 is 11.3 Å². The highest BCUT2D eigenvalue weighted by molar-refractivity contribution is 9.10. The molecule has 1 unspecified atom stereocenters. The van der Waals surface area contributed by atoms with Crippen LogP contribution in [0, 0.1) is 12.7 Å². The summed E-state index contributed by atoms with van der Waals surface area (Å²) in [5, 5.41) is 0. The molecule has 0 aromatic heterocycles. The molecule has 2 nitrogen and oxygen atoms in total. The summed E-state index contributed by atoms with van der Waals surface area (Å²) in [5.41, 5.74) is 6.57. The minimum absolute atomic E-state index is 0.159. The van der Waals surface area contributed by atoms with E-state index in [0.29, 0.717) is 0 Å². The van der Waals surface area contributed by atoms with Gasteiger partial charge in [0.15, 0.2) is 0 Å². The van der Waals surface area contributed by atoms with Crippen molar-refractivity contribution >= 4 is 15.9 Å². The summed E-state index contributed by atoms with van der Waals surface area (Å²) >= 11 is 3.40. The second-order valence-electron chi connectivity index (χ2n) is 5.27. The molecule has 0 aliphatic heterocycles. The zero-order valence-corrected chi connectivity index (χ0v) is 13.7. The zero-order chi connectivity index (χ0) is 15.2. The van der Waals surface area contributed by atoms with Crippen molar-refractivity contribution in [2.75, 3.05) is 0 Å². The first-order chi connectivity index (χ1) is 10.1. The maximum Gasteiger partial charge on any atom is 0.124 e. The van der Waals surface area contributed by atoms with E-state index in [4.69, 9.17) is 5.84 Å². The van der Waals surface area contributed by atoms with Crippen LogP contribution in [0.4, 0.5) is 4.39 Å². The van der Waals surface area contributed by atoms with Gasteiger partial charge in [-0.2, -0.15) is 0 Å². The first kappa shape index (κ1) is 16.1. The van der Waals surface area contributed by atoms with E-state index >= 15 is 0 Å². The van der Waals surface area contributed by atoms with Crippen LogP contribution in [0.1, 0.15) is 23.1 Å². The Hall–Kier alpha value is -1.23. The number of hydrogen-bond acceptors (Lipinski definition) is 2. The molecule has 2 aromatic carbocycles. The Bertz CT molecular complexity index is 601. The highest BCUT2D eigenvalue weighted by atomic mass is 79.9. The van der Waals surface area contributed by atoms with Crippen molar-refractivity contribution in [3.63, 3.8) is 0 Å². The van der Waals surface area contributed by atoms with E-state index < -0.39 is 0 Å². The fourth-order valence-electron chi connectivity index (χ4n) is 2.42. The highest BCUT2D eigenvalue weighted by Gasteiger charge is 2.11. The van der Waals surface area contributed by atoms with Gasteiger partial charge in [0, 0.05) is 10.5 Å². The molecule has 0 bridgehead atoms. The van der Waals surface area contributed by atoms with Gasteiger partial charge in [-0.25, -0.2) is 4.39 Å². The molecule has 0 saturated carbocycles. The smallest absolute Gasteiger partial charge is 0.124 e. The Morgan fingerprint density at radius 2 is 1.95 bits per heavy atom. The summed E-state index contributed by atoms with van der Waals surface area (Å²) < 4.78 is 13.9. The van der Waals surface area contributed by atoms with Gasteiger partial charge < -0.3 is 0 Å². The maximum absolute atomic E-state index is 13.1. The zero-order valence-electron chi connectivity index (χ0n) is 12.1. The molecule has 0 radical (unpaired) electrons. The van der Waals surface area contributed by atoms with Crippen LogP contribution in [-0.2, 0) is 12.8 Å². The number of rotatable bonds is 6. The average Bonchev–Trinajstić information content (AvgIpc) is 2.47. The third-order valence-corrected chi connectivity index (χ3v) is 4.48. The number of nitrogens with one attached hydrogen (secondary N) is 1. The lowest BCUT2D eigenvalue weighted by molar-refractivity contribution is 0.490. The normalized spacial score (nSPS) is 12.4. The molecule has 1 atom stereocenters. The first-order valence-electron chi connectivity index (χ1n) is 7.04. The van der Waals surface area contributed by atoms with E-state index in [1.54, 1.807) is 6.07 Å². The Morgan fingerprint density at radius 1 is 1.19 bits per heavy atom. The lowest BCUT2D eigenvalue weighted by atomic mass is 9.97. The van der Waals surface area contributed by atoms with E-state index in [1.165, 1.54) is 23.3 Å². The molecule has 2 aromatic rings. The van der Waals surface area contributed by atoms with Gasteiger partial charge in [-0.15, -0.1) is 0 Å². The van der Waals surface area contributed by atoms with Crippen LogP contribution in [-0.4, -0.2) is 6.04 Å². The summed E-state index contributed by atoms with van der Waals surface area (Å²) in [4.78, 5) is 0. The van der Waals surface area contributed by atoms with E-state index in [9.17, 15) is 4.39 Å². The number of benzene rings is 2. The summed E-state index contributed by atoms with van der Waals surface area (Å²) in [6.07, 6.45) is 2.68. The van der Waals surface area contributed by atoms with Gasteiger partial charge in [0.25, 0.3) is 0 Å². The molecule has 0 fully saturated rings. The third-order valence-electron chi connectivity index (χ3n) is 3.74. The fourth-order valence-corrected chi connectivity index (χ4v) is 2.93. The number of aryl methyl sites for hydroxylation is 2. The summed E-state index contributed by atoms with van der Waals surface area (Å²) in [6, 6.07) is 13.3. The van der Waals surface area contributed by atoms with Crippen molar-refractivity contribution in [2.45, 2.75) is 32.2 Å². The molecule has 0 saturated heterocycles. The Morgan fingerprint density at radius 3 is 2.62 bits per heavy atom. The maximum atomic E-state index is 13.1. The fraction of sp³-hybridized carbons (Fsp3) is 0.294. The SMILES string of the molecule is Cc1ccccc1CCC(Cc1ccc(F)cc1Br)NN. The molecule has 3 N–H and O–H groups in total. The minimum Gasteiger partial charge on any atom is -0.271 e. The first-order valence-corrected chi connectivity index (χ1v) is 7.84. The van der Waals surface area contributed by atoms with Crippen LogP contribution in [0.15, 0.2) is 46.9 Å². The second kappa shape index (κ2) is 7.69. The van der Waals surface area contributed by atoms with Crippen molar-refractivity contribution in [1.29, 1.82) is 0 Å². The van der Waals surface area contributed by atoms with Crippen molar-refractivity contribution in [3.8, 4) is 0 Å². The van der Waals surface area contributed by atoms with Crippen molar-refractivity contribution in [1.82, 2.24) is 5.43 Å². The predicted octanol–water partition coefficient (Wildman–Crippen LogP) is 3.90. The molecule has 2 rings (SSSR count). The minimum atomic E-state index is -0.234. The molecule has 0 aliphatic carbocycles. The lowest BCUT2D eigenvalue weighted by Gasteiger charge is -2.17. The van der Waals surface area contributed by atoms with Crippen molar-refractivity contribution in [3.05, 3.63) is 69.4 Å². The van der Waals surface area contributed by atoms with Crippen LogP contribution in [0.5, 0.6) is 0 Å². The number of hydrazine groups is 1. The standard InChI is InChI=1S/C17H20BrFN2/c1-12-4-2-3-5-13(12)7-9-16(21-20)10-14-6-8-15(19)11-17(14)18/h2-6,8,11,16,21H,7,9-10,20H2,1H3.